The number of amides is 2. The summed E-state index contributed by atoms with van der Waals surface area (Å²) >= 11 is 3.43. The molecule has 4 rings (SSSR count). The van der Waals surface area contributed by atoms with E-state index in [1.54, 1.807) is 4.68 Å². The molecule has 0 unspecified atom stereocenters. The highest BCUT2D eigenvalue weighted by Gasteiger charge is 2.38. The average Bonchev–Trinajstić information content (AvgIpc) is 3.13. The van der Waals surface area contributed by atoms with Crippen LogP contribution >= 0.6 is 15.9 Å². The summed E-state index contributed by atoms with van der Waals surface area (Å²) in [6, 6.07) is 13.3. The lowest BCUT2D eigenvalue weighted by Crippen LogP contribution is -2.44. The van der Waals surface area contributed by atoms with Gasteiger partial charge in [-0.05, 0) is 59.7 Å². The second-order valence-electron chi connectivity index (χ2n) is 9.67. The fourth-order valence-corrected chi connectivity index (χ4v) is 4.78. The number of rotatable bonds is 4. The maximum Gasteiger partial charge on any atom is 0.407 e. The molecule has 2 heterocycles. The molecule has 2 aromatic carbocycles. The number of carbonyl (C=O) groups excluding carboxylic acids is 1. The van der Waals surface area contributed by atoms with E-state index in [1.165, 1.54) is 4.90 Å². The first-order chi connectivity index (χ1) is 16.0. The lowest BCUT2D eigenvalue weighted by Gasteiger charge is -2.43. The molecule has 0 saturated carbocycles. The summed E-state index contributed by atoms with van der Waals surface area (Å²) in [7, 11) is 0. The molecule has 0 spiro atoms. The molecule has 0 saturated heterocycles. The van der Waals surface area contributed by atoms with Gasteiger partial charge in [-0.3, -0.25) is 4.79 Å². The maximum absolute atomic E-state index is 13.0. The maximum atomic E-state index is 13.0. The second kappa shape index (κ2) is 9.21. The molecule has 8 nitrogen and oxygen atoms in total. The van der Waals surface area contributed by atoms with Crippen molar-refractivity contribution in [3.63, 3.8) is 0 Å². The fourth-order valence-electron chi connectivity index (χ4n) is 4.52. The summed E-state index contributed by atoms with van der Waals surface area (Å²) in [6.07, 6.45) is -0.315. The first-order valence-electron chi connectivity index (χ1n) is 11.1. The van der Waals surface area contributed by atoms with E-state index in [0.29, 0.717) is 30.9 Å². The van der Waals surface area contributed by atoms with Gasteiger partial charge >= 0.3 is 6.09 Å². The molecule has 2 amide bonds. The van der Waals surface area contributed by atoms with E-state index in [9.17, 15) is 14.7 Å². The van der Waals surface area contributed by atoms with Crippen LogP contribution in [0.25, 0.3) is 0 Å². The van der Waals surface area contributed by atoms with Gasteiger partial charge in [-0.2, -0.15) is 0 Å². The minimum absolute atomic E-state index is 0.251. The molecule has 1 aliphatic heterocycles. The van der Waals surface area contributed by atoms with Crippen LogP contribution in [-0.4, -0.2) is 43.5 Å². The Kier molecular flexibility index (Phi) is 6.49. The molecule has 1 atom stereocenters. The van der Waals surface area contributed by atoms with E-state index >= 15 is 0 Å². The van der Waals surface area contributed by atoms with Gasteiger partial charge in [-0.15, -0.1) is 5.10 Å². The van der Waals surface area contributed by atoms with Crippen molar-refractivity contribution in [1.82, 2.24) is 19.9 Å². The summed E-state index contributed by atoms with van der Waals surface area (Å²) in [5.41, 5.74) is 4.44. The van der Waals surface area contributed by atoms with Gasteiger partial charge in [0.1, 0.15) is 0 Å². The van der Waals surface area contributed by atoms with Crippen LogP contribution in [-0.2, 0) is 13.0 Å². The summed E-state index contributed by atoms with van der Waals surface area (Å²) < 4.78 is 2.71. The Hall–Kier alpha value is -3.20. The van der Waals surface area contributed by atoms with Gasteiger partial charge in [0, 0.05) is 16.7 Å². The van der Waals surface area contributed by atoms with Crippen LogP contribution in [0.3, 0.4) is 0 Å². The number of benzene rings is 2. The van der Waals surface area contributed by atoms with Crippen LogP contribution in [0.1, 0.15) is 59.7 Å². The monoisotopic (exact) mass is 525 g/mol. The van der Waals surface area contributed by atoms with E-state index in [2.05, 4.69) is 31.6 Å². The molecule has 3 aromatic rings. The standard InChI is InChI=1S/C25H28BrN5O3/c1-15-21(28-29-31(15)14-16-5-7-18(26)8-6-16)23(32)27-19-9-10-20-17(13-19)11-12-30(24(33)34)22(20)25(2,3)4/h5-10,13,22H,11-12,14H2,1-4H3,(H,27,32)(H,33,34)/t22-/m0/s1. The molecule has 2 N–H and O–H groups in total. The van der Waals surface area contributed by atoms with Crippen molar-refractivity contribution in [2.24, 2.45) is 5.41 Å². The van der Waals surface area contributed by atoms with Gasteiger partial charge in [-0.25, -0.2) is 9.48 Å². The molecule has 0 aliphatic carbocycles. The molecule has 1 aliphatic rings. The lowest BCUT2D eigenvalue weighted by atomic mass is 9.77. The summed E-state index contributed by atoms with van der Waals surface area (Å²) in [6.45, 7) is 8.89. The molecule has 0 radical (unpaired) electrons. The van der Waals surface area contributed by atoms with Crippen LogP contribution in [0.2, 0.25) is 0 Å². The first-order valence-corrected chi connectivity index (χ1v) is 11.9. The van der Waals surface area contributed by atoms with Crippen molar-refractivity contribution >= 4 is 33.6 Å². The van der Waals surface area contributed by atoms with E-state index in [4.69, 9.17) is 0 Å². The zero-order valence-corrected chi connectivity index (χ0v) is 21.3. The van der Waals surface area contributed by atoms with Crippen LogP contribution in [0.4, 0.5) is 10.5 Å². The Labute approximate surface area is 207 Å². The normalized spacial score (nSPS) is 15.7. The molecule has 34 heavy (non-hydrogen) atoms. The molecule has 1 aromatic heterocycles. The number of anilines is 1. The Morgan fingerprint density at radius 3 is 2.53 bits per heavy atom. The van der Waals surface area contributed by atoms with Crippen LogP contribution in [0.15, 0.2) is 46.9 Å². The van der Waals surface area contributed by atoms with Gasteiger partial charge in [0.2, 0.25) is 0 Å². The van der Waals surface area contributed by atoms with Gasteiger partial charge in [0.25, 0.3) is 5.91 Å². The van der Waals surface area contributed by atoms with E-state index in [0.717, 1.165) is 21.2 Å². The molecule has 9 heteroatoms. The molecule has 0 bridgehead atoms. The number of carbonyl (C=O) groups is 2. The highest BCUT2D eigenvalue weighted by molar-refractivity contribution is 9.10. The zero-order chi connectivity index (χ0) is 24.6. The third-order valence-corrected chi connectivity index (χ3v) is 6.67. The summed E-state index contributed by atoms with van der Waals surface area (Å²) in [5, 5.41) is 20.9. The highest BCUT2D eigenvalue weighted by Crippen LogP contribution is 2.42. The van der Waals surface area contributed by atoms with Crippen molar-refractivity contribution in [3.8, 4) is 0 Å². The topological polar surface area (TPSA) is 100 Å². The van der Waals surface area contributed by atoms with Crippen molar-refractivity contribution in [2.75, 3.05) is 11.9 Å². The first kappa shape index (κ1) is 23.9. The minimum atomic E-state index is -0.912. The highest BCUT2D eigenvalue weighted by atomic mass is 79.9. The Morgan fingerprint density at radius 2 is 1.88 bits per heavy atom. The van der Waals surface area contributed by atoms with Gasteiger partial charge in [0.05, 0.1) is 18.3 Å². The predicted octanol–water partition coefficient (Wildman–Crippen LogP) is 5.27. The van der Waals surface area contributed by atoms with Gasteiger partial charge < -0.3 is 15.3 Å². The largest absolute Gasteiger partial charge is 0.465 e. The average molecular weight is 526 g/mol. The van der Waals surface area contributed by atoms with Crippen molar-refractivity contribution in [1.29, 1.82) is 0 Å². The smallest absolute Gasteiger partial charge is 0.407 e. The summed E-state index contributed by atoms with van der Waals surface area (Å²) in [4.78, 5) is 26.3. The van der Waals surface area contributed by atoms with Crippen molar-refractivity contribution < 1.29 is 14.7 Å². The summed E-state index contributed by atoms with van der Waals surface area (Å²) in [5.74, 6) is -0.324. The molecule has 178 valence electrons. The second-order valence-corrected chi connectivity index (χ2v) is 10.6. The van der Waals surface area contributed by atoms with Crippen molar-refractivity contribution in [2.45, 2.75) is 46.7 Å². The number of halogens is 1. The molecular weight excluding hydrogens is 498 g/mol. The number of nitrogens with one attached hydrogen (secondary N) is 1. The quantitative estimate of drug-likeness (QED) is 0.482. The van der Waals surface area contributed by atoms with Crippen molar-refractivity contribution in [3.05, 3.63) is 75.0 Å². The van der Waals surface area contributed by atoms with E-state index in [-0.39, 0.29) is 23.1 Å². The molecule has 0 fully saturated rings. The Balaban J connectivity index is 1.53. The van der Waals surface area contributed by atoms with E-state index in [1.807, 2.05) is 70.2 Å². The van der Waals surface area contributed by atoms with Crippen LogP contribution < -0.4 is 5.32 Å². The van der Waals surface area contributed by atoms with Crippen LogP contribution in [0.5, 0.6) is 0 Å². The number of fused-ring (bicyclic) bond motifs is 1. The fraction of sp³-hybridized carbons (Fsp3) is 0.360. The number of carboxylic acid groups (broad SMARTS) is 1. The number of hydrogen-bond donors (Lipinski definition) is 2. The third kappa shape index (κ3) is 4.84. The third-order valence-electron chi connectivity index (χ3n) is 6.14. The van der Waals surface area contributed by atoms with E-state index < -0.39 is 6.09 Å². The zero-order valence-electron chi connectivity index (χ0n) is 19.7. The predicted molar refractivity (Wildman–Crippen MR) is 133 cm³/mol. The Bertz CT molecular complexity index is 1230. The van der Waals surface area contributed by atoms with Gasteiger partial charge in [-0.1, -0.05) is 60.1 Å². The molecular formula is C25H28BrN5O3. The minimum Gasteiger partial charge on any atom is -0.465 e. The lowest BCUT2D eigenvalue weighted by molar-refractivity contribution is 0.0759. The van der Waals surface area contributed by atoms with Gasteiger partial charge in [0.15, 0.2) is 5.69 Å². The number of nitrogens with zero attached hydrogens (tertiary/aromatic N) is 4. The number of aromatic nitrogens is 3. The Morgan fingerprint density at radius 1 is 1.18 bits per heavy atom. The van der Waals surface area contributed by atoms with Crippen LogP contribution in [0, 0.1) is 12.3 Å². The number of hydrogen-bond acceptors (Lipinski definition) is 4. The SMILES string of the molecule is Cc1c(C(=O)Nc2ccc3c(c2)CCN(C(=O)O)[C@@H]3C(C)(C)C)nnn1Cc1ccc(Br)cc1.